The lowest BCUT2D eigenvalue weighted by atomic mass is 10.00. The van der Waals surface area contributed by atoms with E-state index in [1.165, 1.54) is 5.56 Å². The number of fused-ring (bicyclic) bond motifs is 1. The van der Waals surface area contributed by atoms with Gasteiger partial charge in [-0.1, -0.05) is 18.2 Å². The molecule has 0 fully saturated rings. The predicted octanol–water partition coefficient (Wildman–Crippen LogP) is 2.55. The summed E-state index contributed by atoms with van der Waals surface area (Å²) in [6.07, 6.45) is 0.483. The largest absolute Gasteiger partial charge is 0.444 e. The molecule has 4 nitrogen and oxygen atoms in total. The van der Waals surface area contributed by atoms with Gasteiger partial charge in [0.05, 0.1) is 6.04 Å². The summed E-state index contributed by atoms with van der Waals surface area (Å²) in [7, 11) is 0. The van der Waals surface area contributed by atoms with E-state index in [-0.39, 0.29) is 12.1 Å². The lowest BCUT2D eigenvalue weighted by Gasteiger charge is -2.28. The Morgan fingerprint density at radius 3 is 2.83 bits per heavy atom. The van der Waals surface area contributed by atoms with Crippen LogP contribution in [0.4, 0.5) is 10.5 Å². The van der Waals surface area contributed by atoms with Crippen molar-refractivity contribution >= 4 is 11.8 Å². The van der Waals surface area contributed by atoms with Gasteiger partial charge in [0.1, 0.15) is 5.60 Å². The Balaban J connectivity index is 1.92. The molecule has 0 saturated heterocycles. The van der Waals surface area contributed by atoms with Crippen molar-refractivity contribution in [2.75, 3.05) is 11.9 Å². The molecule has 2 N–H and O–H groups in total. The first-order valence-corrected chi connectivity index (χ1v) is 6.25. The Hall–Kier alpha value is -1.71. The third-order valence-electron chi connectivity index (χ3n) is 2.74. The molecule has 18 heavy (non-hydrogen) atoms. The van der Waals surface area contributed by atoms with Gasteiger partial charge in [-0.15, -0.1) is 0 Å². The fourth-order valence-corrected chi connectivity index (χ4v) is 2.02. The van der Waals surface area contributed by atoms with Gasteiger partial charge in [0.15, 0.2) is 0 Å². The van der Waals surface area contributed by atoms with Crippen LogP contribution in [-0.2, 0) is 11.2 Å². The number of amides is 1. The smallest absolute Gasteiger partial charge is 0.407 e. The van der Waals surface area contributed by atoms with E-state index in [0.29, 0.717) is 0 Å². The van der Waals surface area contributed by atoms with Gasteiger partial charge >= 0.3 is 6.09 Å². The molecular weight excluding hydrogens is 228 g/mol. The van der Waals surface area contributed by atoms with E-state index in [1.807, 2.05) is 32.9 Å². The Morgan fingerprint density at radius 2 is 2.11 bits per heavy atom. The molecule has 2 rings (SSSR count). The van der Waals surface area contributed by atoms with E-state index in [1.54, 1.807) is 0 Å². The summed E-state index contributed by atoms with van der Waals surface area (Å²) in [6, 6.07) is 8.23. The minimum Gasteiger partial charge on any atom is -0.444 e. The van der Waals surface area contributed by atoms with E-state index in [2.05, 4.69) is 22.8 Å². The number of carbonyl (C=O) groups is 1. The molecule has 0 radical (unpaired) electrons. The number of nitrogens with one attached hydrogen (secondary N) is 2. The average molecular weight is 248 g/mol. The molecule has 0 aromatic heterocycles. The standard InChI is InChI=1S/C14H20N2O2/c1-14(2,3)18-13(17)16-11-8-10-6-4-5-7-12(10)15-9-11/h4-7,11,15H,8-9H2,1-3H3,(H,16,17)/t11-/m1/s1. The first kappa shape index (κ1) is 12.7. The van der Waals surface area contributed by atoms with Gasteiger partial charge in [0, 0.05) is 12.2 Å². The predicted molar refractivity (Wildman–Crippen MR) is 71.8 cm³/mol. The molecular formula is C14H20N2O2. The minimum atomic E-state index is -0.454. The molecule has 0 aliphatic carbocycles. The molecule has 1 atom stereocenters. The zero-order valence-electron chi connectivity index (χ0n) is 11.1. The number of benzene rings is 1. The van der Waals surface area contributed by atoms with Crippen LogP contribution in [0.1, 0.15) is 26.3 Å². The van der Waals surface area contributed by atoms with E-state index >= 15 is 0 Å². The molecule has 1 aromatic rings. The number of anilines is 1. The number of alkyl carbamates (subject to hydrolysis) is 1. The van der Waals surface area contributed by atoms with Crippen molar-refractivity contribution in [3.63, 3.8) is 0 Å². The lowest BCUT2D eigenvalue weighted by molar-refractivity contribution is 0.0506. The van der Waals surface area contributed by atoms with Crippen molar-refractivity contribution in [3.05, 3.63) is 29.8 Å². The van der Waals surface area contributed by atoms with Gasteiger partial charge < -0.3 is 15.4 Å². The van der Waals surface area contributed by atoms with Crippen LogP contribution in [0.15, 0.2) is 24.3 Å². The van der Waals surface area contributed by atoms with Gasteiger partial charge in [-0.25, -0.2) is 4.79 Å². The van der Waals surface area contributed by atoms with E-state index in [0.717, 1.165) is 18.7 Å². The van der Waals surface area contributed by atoms with Crippen molar-refractivity contribution in [2.24, 2.45) is 0 Å². The monoisotopic (exact) mass is 248 g/mol. The maximum atomic E-state index is 11.7. The second kappa shape index (κ2) is 4.88. The van der Waals surface area contributed by atoms with Crippen molar-refractivity contribution < 1.29 is 9.53 Å². The van der Waals surface area contributed by atoms with Gasteiger partial charge in [0.2, 0.25) is 0 Å². The molecule has 0 bridgehead atoms. The topological polar surface area (TPSA) is 50.4 Å². The quantitative estimate of drug-likeness (QED) is 0.803. The van der Waals surface area contributed by atoms with E-state index < -0.39 is 5.60 Å². The highest BCUT2D eigenvalue weighted by atomic mass is 16.6. The third-order valence-corrected chi connectivity index (χ3v) is 2.74. The molecule has 0 spiro atoms. The molecule has 4 heteroatoms. The summed E-state index contributed by atoms with van der Waals surface area (Å²) in [5.41, 5.74) is 1.92. The molecule has 1 aliphatic rings. The van der Waals surface area contributed by atoms with E-state index in [9.17, 15) is 4.79 Å². The van der Waals surface area contributed by atoms with Crippen LogP contribution in [0, 0.1) is 0 Å². The van der Waals surface area contributed by atoms with Crippen LogP contribution >= 0.6 is 0 Å². The van der Waals surface area contributed by atoms with Crippen LogP contribution in [0.5, 0.6) is 0 Å². The summed E-state index contributed by atoms with van der Waals surface area (Å²) >= 11 is 0. The maximum absolute atomic E-state index is 11.7. The van der Waals surface area contributed by atoms with Crippen LogP contribution in [0.3, 0.4) is 0 Å². The molecule has 98 valence electrons. The normalized spacial score (nSPS) is 18.5. The number of ether oxygens (including phenoxy) is 1. The highest BCUT2D eigenvalue weighted by Crippen LogP contribution is 2.21. The van der Waals surface area contributed by atoms with Crippen molar-refractivity contribution in [1.82, 2.24) is 5.32 Å². The van der Waals surface area contributed by atoms with Crippen LogP contribution in [0.2, 0.25) is 0 Å². The van der Waals surface area contributed by atoms with Crippen LogP contribution < -0.4 is 10.6 Å². The molecule has 1 amide bonds. The second-order valence-electron chi connectivity index (χ2n) is 5.59. The van der Waals surface area contributed by atoms with Gasteiger partial charge in [-0.3, -0.25) is 0 Å². The lowest BCUT2D eigenvalue weighted by Crippen LogP contribution is -2.45. The fraction of sp³-hybridized carbons (Fsp3) is 0.500. The van der Waals surface area contributed by atoms with Gasteiger partial charge in [-0.05, 0) is 38.8 Å². The molecule has 1 aromatic carbocycles. The Bertz CT molecular complexity index is 438. The van der Waals surface area contributed by atoms with Crippen molar-refractivity contribution in [1.29, 1.82) is 0 Å². The summed E-state index contributed by atoms with van der Waals surface area (Å²) in [4.78, 5) is 11.7. The number of hydrogen-bond donors (Lipinski definition) is 2. The molecule has 0 unspecified atom stereocenters. The summed E-state index contributed by atoms with van der Waals surface area (Å²) in [5, 5.41) is 6.20. The third kappa shape index (κ3) is 3.39. The Morgan fingerprint density at radius 1 is 1.39 bits per heavy atom. The maximum Gasteiger partial charge on any atom is 0.407 e. The summed E-state index contributed by atoms with van der Waals surface area (Å²) < 4.78 is 5.25. The highest BCUT2D eigenvalue weighted by Gasteiger charge is 2.22. The summed E-state index contributed by atoms with van der Waals surface area (Å²) in [6.45, 7) is 6.32. The fourth-order valence-electron chi connectivity index (χ4n) is 2.02. The number of para-hydroxylation sites is 1. The Kier molecular flexibility index (Phi) is 3.45. The second-order valence-corrected chi connectivity index (χ2v) is 5.59. The zero-order valence-corrected chi connectivity index (χ0v) is 11.1. The highest BCUT2D eigenvalue weighted by molar-refractivity contribution is 5.68. The van der Waals surface area contributed by atoms with E-state index in [4.69, 9.17) is 4.74 Å². The average Bonchev–Trinajstić information content (AvgIpc) is 2.26. The SMILES string of the molecule is CC(C)(C)OC(=O)N[C@H]1CNc2ccccc2C1. The number of rotatable bonds is 1. The number of carbonyl (C=O) groups excluding carboxylic acids is 1. The van der Waals surface area contributed by atoms with Gasteiger partial charge in [0.25, 0.3) is 0 Å². The molecule has 1 heterocycles. The summed E-state index contributed by atoms with van der Waals surface area (Å²) in [5.74, 6) is 0. The first-order chi connectivity index (χ1) is 8.44. The van der Waals surface area contributed by atoms with Crippen molar-refractivity contribution in [2.45, 2.75) is 38.8 Å². The minimum absolute atomic E-state index is 0.0785. The Labute approximate surface area is 108 Å². The molecule has 0 saturated carbocycles. The number of hydrogen-bond acceptors (Lipinski definition) is 3. The first-order valence-electron chi connectivity index (χ1n) is 6.25. The van der Waals surface area contributed by atoms with Gasteiger partial charge in [-0.2, -0.15) is 0 Å². The van der Waals surface area contributed by atoms with Crippen molar-refractivity contribution in [3.8, 4) is 0 Å². The zero-order chi connectivity index (χ0) is 13.2. The van der Waals surface area contributed by atoms with Crippen LogP contribution in [0.25, 0.3) is 0 Å². The van der Waals surface area contributed by atoms with Crippen LogP contribution in [-0.4, -0.2) is 24.3 Å². The molecule has 1 aliphatic heterocycles.